The van der Waals surface area contributed by atoms with Crippen LogP contribution in [0.3, 0.4) is 0 Å². The van der Waals surface area contributed by atoms with Gasteiger partial charge in [0.15, 0.2) is 0 Å². The van der Waals surface area contributed by atoms with Crippen molar-refractivity contribution in [2.75, 3.05) is 0 Å². The van der Waals surface area contributed by atoms with Crippen LogP contribution in [0.4, 0.5) is 0 Å². The molecule has 3 rings (SSSR count). The summed E-state index contributed by atoms with van der Waals surface area (Å²) >= 11 is 2.27. The van der Waals surface area contributed by atoms with Gasteiger partial charge in [-0.1, -0.05) is 25.7 Å². The van der Waals surface area contributed by atoms with E-state index in [1.807, 2.05) is 0 Å². The van der Waals surface area contributed by atoms with E-state index in [0.717, 1.165) is 6.42 Å². The van der Waals surface area contributed by atoms with Crippen LogP contribution in [0.25, 0.3) is 10.8 Å². The first kappa shape index (κ1) is 26.3. The van der Waals surface area contributed by atoms with E-state index in [1.54, 1.807) is 0 Å². The molecule has 0 N–H and O–H groups in total. The Hall–Kier alpha value is 0.0381. The minimum Gasteiger partial charge on any atom is -1.00 e. The fourth-order valence-corrected chi connectivity index (χ4v) is 3.24. The molecular formula is C19H26Cl2Si2Ti-2. The van der Waals surface area contributed by atoms with Gasteiger partial charge in [-0.2, -0.15) is 23.6 Å². The Morgan fingerprint density at radius 2 is 1.67 bits per heavy atom. The first-order chi connectivity index (χ1) is 10.3. The van der Waals surface area contributed by atoms with Gasteiger partial charge in [0.25, 0.3) is 0 Å². The van der Waals surface area contributed by atoms with Gasteiger partial charge in [0.2, 0.25) is 0 Å². The van der Waals surface area contributed by atoms with E-state index >= 15 is 0 Å². The maximum absolute atomic E-state index is 3.36. The average molecular weight is 429 g/mol. The molecule has 24 heavy (non-hydrogen) atoms. The van der Waals surface area contributed by atoms with Crippen molar-refractivity contribution in [3.05, 3.63) is 65.9 Å². The van der Waals surface area contributed by atoms with Gasteiger partial charge in [0.1, 0.15) is 0 Å². The second-order valence-corrected chi connectivity index (χ2v) is 18.3. The first-order valence-corrected chi connectivity index (χ1v) is 16.0. The molecule has 0 aromatic heterocycles. The van der Waals surface area contributed by atoms with Crippen LogP contribution in [0.1, 0.15) is 6.42 Å². The SMILES string of the molecule is C[Si](C)(C)C1=[C-]CC=C1.C[Si](C)=[Ti+2].[Cl-].[Cl-].c1ccc2[cH-]ccc2c1. The molecule has 0 unspecified atom stereocenters. The van der Waals surface area contributed by atoms with Gasteiger partial charge in [0, 0.05) is 8.07 Å². The smallest absolute Gasteiger partial charge is 0.0809 e. The fourth-order valence-electron chi connectivity index (χ4n) is 1.99. The second kappa shape index (κ2) is 13.3. The summed E-state index contributed by atoms with van der Waals surface area (Å²) in [6.07, 6.45) is 8.94. The molecule has 2 aromatic rings. The summed E-state index contributed by atoms with van der Waals surface area (Å²) in [6, 6.07) is 14.7. The van der Waals surface area contributed by atoms with Crippen LogP contribution in [0.5, 0.6) is 0 Å². The number of halogens is 2. The van der Waals surface area contributed by atoms with Gasteiger partial charge in [-0.25, -0.2) is 11.3 Å². The van der Waals surface area contributed by atoms with E-state index in [4.69, 9.17) is 0 Å². The molecule has 0 saturated carbocycles. The molecule has 0 fully saturated rings. The molecular weight excluding hydrogens is 403 g/mol. The number of hydrogen-bond donors (Lipinski definition) is 0. The Kier molecular flexibility index (Phi) is 14.5. The zero-order valence-corrected chi connectivity index (χ0v) is 20.2. The van der Waals surface area contributed by atoms with Crippen molar-refractivity contribution < 1.29 is 44.0 Å². The van der Waals surface area contributed by atoms with E-state index in [1.165, 1.54) is 16.0 Å². The molecule has 5 heteroatoms. The number of benzene rings is 1. The van der Waals surface area contributed by atoms with E-state index in [9.17, 15) is 0 Å². The second-order valence-electron chi connectivity index (χ2n) is 6.60. The van der Waals surface area contributed by atoms with Crippen molar-refractivity contribution >= 4 is 25.0 Å². The van der Waals surface area contributed by atoms with E-state index < -0.39 is 8.07 Å². The molecule has 130 valence electrons. The summed E-state index contributed by atoms with van der Waals surface area (Å²) in [5.41, 5.74) is 0. The summed E-state index contributed by atoms with van der Waals surface area (Å²) in [6.45, 7) is 11.6. The maximum Gasteiger partial charge on any atom is -0.0809 e. The monoisotopic (exact) mass is 428 g/mol. The summed E-state index contributed by atoms with van der Waals surface area (Å²) in [5.74, 6) is 0. The Balaban J connectivity index is 0. The standard InChI is InChI=1S/C9H7.C8H13Si.C2H6Si.2ClH.Ti/c1-2-5-9-7-3-6-8(9)4-1;1-9(2,3)8-6-4-5-7-8;1-3-2;;;/h1-7H;4,6H,5H2,1-3H3;1-2H3;2*1H;/q2*-1;;;;+2/p-2. The van der Waals surface area contributed by atoms with Gasteiger partial charge in [-0.05, 0) is 0 Å². The maximum atomic E-state index is 3.36. The largest absolute Gasteiger partial charge is 1.00 e. The van der Waals surface area contributed by atoms with Gasteiger partial charge in [-0.15, -0.1) is 36.1 Å². The van der Waals surface area contributed by atoms with Gasteiger partial charge >= 0.3 is 38.5 Å². The third-order valence-electron chi connectivity index (χ3n) is 3.05. The quantitative estimate of drug-likeness (QED) is 0.439. The third kappa shape index (κ3) is 10.8. The zero-order valence-electron chi connectivity index (χ0n) is 15.2. The Morgan fingerprint density at radius 3 is 2.08 bits per heavy atom. The van der Waals surface area contributed by atoms with Crippen molar-refractivity contribution in [1.82, 2.24) is 0 Å². The molecule has 0 atom stereocenters. The molecule has 0 nitrogen and oxygen atoms in total. The van der Waals surface area contributed by atoms with Crippen molar-refractivity contribution in [2.24, 2.45) is 0 Å². The molecule has 0 saturated heterocycles. The number of allylic oxidation sites excluding steroid dienone is 4. The van der Waals surface area contributed by atoms with Crippen LogP contribution in [-0.2, 0) is 19.2 Å². The Morgan fingerprint density at radius 1 is 1.08 bits per heavy atom. The van der Waals surface area contributed by atoms with Crippen LogP contribution in [0.15, 0.2) is 59.8 Å². The van der Waals surface area contributed by atoms with Crippen molar-refractivity contribution in [1.29, 1.82) is 0 Å². The number of hydrogen-bond acceptors (Lipinski definition) is 0. The molecule has 0 radical (unpaired) electrons. The summed E-state index contributed by atoms with van der Waals surface area (Å²) in [4.78, 5) is 0. The van der Waals surface area contributed by atoms with Crippen LogP contribution in [0, 0.1) is 6.08 Å². The number of rotatable bonds is 1. The van der Waals surface area contributed by atoms with Crippen LogP contribution in [-0.4, -0.2) is 14.3 Å². The summed E-state index contributed by atoms with van der Waals surface area (Å²) in [5, 5.41) is 4.15. The van der Waals surface area contributed by atoms with E-state index in [-0.39, 0.29) is 31.0 Å². The molecule has 0 amide bonds. The normalized spacial score (nSPS) is 11.9. The molecule has 0 bridgehead atoms. The molecule has 0 aliphatic heterocycles. The zero-order chi connectivity index (χ0) is 16.6. The summed E-state index contributed by atoms with van der Waals surface area (Å²) < 4.78 is 0. The Bertz CT molecular complexity index is 633. The fraction of sp³-hybridized carbons (Fsp3) is 0.316. The van der Waals surface area contributed by atoms with Gasteiger partial charge < -0.3 is 24.8 Å². The van der Waals surface area contributed by atoms with Crippen LogP contribution in [0.2, 0.25) is 32.7 Å². The van der Waals surface area contributed by atoms with Crippen LogP contribution < -0.4 is 24.8 Å². The topological polar surface area (TPSA) is 0 Å². The molecule has 0 spiro atoms. The third-order valence-corrected chi connectivity index (χ3v) is 5.01. The predicted octanol–water partition coefficient (Wildman–Crippen LogP) is -0.0957. The van der Waals surface area contributed by atoms with Crippen LogP contribution >= 0.6 is 0 Å². The summed E-state index contributed by atoms with van der Waals surface area (Å²) in [7, 11) is -1.01. The Labute approximate surface area is 173 Å². The molecule has 1 aliphatic carbocycles. The van der Waals surface area contributed by atoms with Gasteiger partial charge in [0.05, 0.1) is 0 Å². The minimum atomic E-state index is -1.01. The number of fused-ring (bicyclic) bond motifs is 1. The van der Waals surface area contributed by atoms with Crippen molar-refractivity contribution in [3.63, 3.8) is 0 Å². The minimum absolute atomic E-state index is 0. The predicted molar refractivity (Wildman–Crippen MR) is 101 cm³/mol. The van der Waals surface area contributed by atoms with E-state index in [0.29, 0.717) is 0 Å². The first-order valence-electron chi connectivity index (χ1n) is 7.71. The average Bonchev–Trinajstić information content (AvgIpc) is 3.10. The van der Waals surface area contributed by atoms with Crippen molar-refractivity contribution in [3.8, 4) is 0 Å². The molecule has 2 aromatic carbocycles. The molecule has 0 heterocycles. The van der Waals surface area contributed by atoms with E-state index in [2.05, 4.69) is 113 Å². The van der Waals surface area contributed by atoms with Gasteiger partial charge in [-0.3, -0.25) is 6.08 Å². The van der Waals surface area contributed by atoms with Crippen molar-refractivity contribution in [2.45, 2.75) is 39.2 Å². The molecule has 1 aliphatic rings.